The van der Waals surface area contributed by atoms with Crippen LogP contribution in [0.25, 0.3) is 10.8 Å². The summed E-state index contributed by atoms with van der Waals surface area (Å²) in [6, 6.07) is 17.5. The molecule has 0 N–H and O–H groups in total. The molecule has 5 nitrogen and oxygen atoms in total. The van der Waals surface area contributed by atoms with Crippen LogP contribution in [0.2, 0.25) is 0 Å². The van der Waals surface area contributed by atoms with Crippen LogP contribution in [0.5, 0.6) is 17.2 Å². The molecule has 3 aromatic rings. The van der Waals surface area contributed by atoms with Gasteiger partial charge in [-0.15, -0.1) is 0 Å². The summed E-state index contributed by atoms with van der Waals surface area (Å²) in [4.78, 5) is 14.6. The smallest absolute Gasteiger partial charge is 0.258 e. The molecule has 1 amide bonds. The second kappa shape index (κ2) is 5.95. The second-order valence-electron chi connectivity index (χ2n) is 6.35. The maximum Gasteiger partial charge on any atom is 0.258 e. The fraction of sp³-hybridized carbons (Fsp3) is 0.190. The van der Waals surface area contributed by atoms with Crippen LogP contribution in [0, 0.1) is 0 Å². The van der Waals surface area contributed by atoms with E-state index >= 15 is 0 Å². The van der Waals surface area contributed by atoms with Crippen LogP contribution in [-0.4, -0.2) is 25.9 Å². The van der Waals surface area contributed by atoms with Gasteiger partial charge in [-0.3, -0.25) is 4.79 Å². The van der Waals surface area contributed by atoms with Gasteiger partial charge in [0.15, 0.2) is 11.5 Å². The first-order valence-corrected chi connectivity index (χ1v) is 8.67. The van der Waals surface area contributed by atoms with Gasteiger partial charge in [-0.05, 0) is 36.1 Å². The number of fused-ring (bicyclic) bond motifs is 1. The minimum absolute atomic E-state index is 0.0693. The van der Waals surface area contributed by atoms with E-state index in [9.17, 15) is 4.79 Å². The van der Waals surface area contributed by atoms with Gasteiger partial charge in [-0.2, -0.15) is 0 Å². The van der Waals surface area contributed by atoms with E-state index in [2.05, 4.69) is 0 Å². The van der Waals surface area contributed by atoms with Gasteiger partial charge in [0.2, 0.25) is 6.79 Å². The lowest BCUT2D eigenvalue weighted by atomic mass is 10.1. The Morgan fingerprint density at radius 1 is 1.00 bits per heavy atom. The third-order valence-corrected chi connectivity index (χ3v) is 4.79. The van der Waals surface area contributed by atoms with Gasteiger partial charge in [-0.25, -0.2) is 0 Å². The number of ether oxygens (including phenoxy) is 3. The van der Waals surface area contributed by atoms with E-state index in [4.69, 9.17) is 14.2 Å². The topological polar surface area (TPSA) is 48.0 Å². The molecular formula is C21H17NO4. The summed E-state index contributed by atoms with van der Waals surface area (Å²) in [6.45, 7) is 1.40. The third-order valence-electron chi connectivity index (χ3n) is 4.79. The number of anilines is 1. The highest BCUT2D eigenvalue weighted by Crippen LogP contribution is 2.37. The number of benzene rings is 3. The fourth-order valence-corrected chi connectivity index (χ4v) is 3.58. The maximum absolute atomic E-state index is 12.7. The van der Waals surface area contributed by atoms with Crippen molar-refractivity contribution < 1.29 is 19.0 Å². The highest BCUT2D eigenvalue weighted by atomic mass is 16.7. The van der Waals surface area contributed by atoms with Gasteiger partial charge in [0.05, 0.1) is 12.3 Å². The van der Waals surface area contributed by atoms with E-state index < -0.39 is 0 Å². The molecule has 0 radical (unpaired) electrons. The second-order valence-corrected chi connectivity index (χ2v) is 6.35. The van der Waals surface area contributed by atoms with Crippen LogP contribution in [-0.2, 0) is 0 Å². The Hall–Kier alpha value is -3.21. The summed E-state index contributed by atoms with van der Waals surface area (Å²) in [5.74, 6) is 2.26. The third kappa shape index (κ3) is 2.36. The van der Waals surface area contributed by atoms with Crippen molar-refractivity contribution in [3.8, 4) is 17.2 Å². The summed E-state index contributed by atoms with van der Waals surface area (Å²) in [5.41, 5.74) is 1.78. The lowest BCUT2D eigenvalue weighted by molar-refractivity contribution is 0.0992. The molecule has 2 aliphatic heterocycles. The molecule has 5 rings (SSSR count). The molecular weight excluding hydrogens is 330 g/mol. The number of hydrogen-bond acceptors (Lipinski definition) is 4. The molecule has 2 aliphatic rings. The quantitative estimate of drug-likeness (QED) is 0.655. The summed E-state index contributed by atoms with van der Waals surface area (Å²) in [7, 11) is 0. The Bertz CT molecular complexity index is 1010. The molecule has 0 saturated carbocycles. The van der Waals surface area contributed by atoms with Gasteiger partial charge >= 0.3 is 0 Å². The minimum Gasteiger partial charge on any atom is -0.493 e. The van der Waals surface area contributed by atoms with Gasteiger partial charge in [-0.1, -0.05) is 24.3 Å². The molecule has 0 aromatic heterocycles. The van der Waals surface area contributed by atoms with Crippen molar-refractivity contribution >= 4 is 22.4 Å². The van der Waals surface area contributed by atoms with Crippen LogP contribution < -0.4 is 19.1 Å². The minimum atomic E-state index is 0.0693. The average Bonchev–Trinajstić information content (AvgIpc) is 3.24. The highest BCUT2D eigenvalue weighted by Gasteiger charge is 2.28. The zero-order chi connectivity index (χ0) is 17.5. The average molecular weight is 347 g/mol. The monoisotopic (exact) mass is 347 g/mol. The fourth-order valence-electron chi connectivity index (χ4n) is 3.58. The van der Waals surface area contributed by atoms with Crippen LogP contribution in [0.3, 0.4) is 0 Å². The molecule has 5 heteroatoms. The number of amides is 1. The Kier molecular flexibility index (Phi) is 3.45. The van der Waals surface area contributed by atoms with Crippen LogP contribution >= 0.6 is 0 Å². The van der Waals surface area contributed by atoms with E-state index in [-0.39, 0.29) is 12.7 Å². The SMILES string of the molecule is O=C1c2cccc3cccc(c23)N1CCCOc1ccc2c(c1)OCO2. The van der Waals surface area contributed by atoms with Crippen molar-refractivity contribution in [2.45, 2.75) is 6.42 Å². The predicted molar refractivity (Wildman–Crippen MR) is 98.3 cm³/mol. The molecule has 0 bridgehead atoms. The largest absolute Gasteiger partial charge is 0.493 e. The molecule has 2 heterocycles. The van der Waals surface area contributed by atoms with Crippen LogP contribution in [0.4, 0.5) is 5.69 Å². The van der Waals surface area contributed by atoms with Crippen molar-refractivity contribution in [2.75, 3.05) is 24.8 Å². The molecule has 0 spiro atoms. The van der Waals surface area contributed by atoms with Crippen LogP contribution in [0.1, 0.15) is 16.8 Å². The van der Waals surface area contributed by atoms with Gasteiger partial charge in [0, 0.05) is 23.6 Å². The molecule has 26 heavy (non-hydrogen) atoms. The highest BCUT2D eigenvalue weighted by molar-refractivity contribution is 6.24. The normalized spacial score (nSPS) is 14.3. The van der Waals surface area contributed by atoms with E-state index in [1.165, 1.54) is 0 Å². The Labute approximate surface area is 150 Å². The van der Waals surface area contributed by atoms with Crippen molar-refractivity contribution in [1.29, 1.82) is 0 Å². The van der Waals surface area contributed by atoms with Gasteiger partial charge < -0.3 is 19.1 Å². The molecule has 0 atom stereocenters. The Balaban J connectivity index is 1.25. The van der Waals surface area contributed by atoms with Crippen LogP contribution in [0.15, 0.2) is 54.6 Å². The molecule has 0 unspecified atom stereocenters. The number of carbonyl (C=O) groups excluding carboxylic acids is 1. The van der Waals surface area contributed by atoms with Crippen molar-refractivity contribution in [2.24, 2.45) is 0 Å². The van der Waals surface area contributed by atoms with E-state index in [1.807, 2.05) is 59.5 Å². The Morgan fingerprint density at radius 2 is 1.85 bits per heavy atom. The number of carbonyl (C=O) groups is 1. The summed E-state index contributed by atoms with van der Waals surface area (Å²) < 4.78 is 16.5. The first kappa shape index (κ1) is 15.1. The predicted octanol–water partition coefficient (Wildman–Crippen LogP) is 4.00. The number of hydrogen-bond donors (Lipinski definition) is 0. The van der Waals surface area contributed by atoms with E-state index in [0.29, 0.717) is 18.9 Å². The van der Waals surface area contributed by atoms with Crippen molar-refractivity contribution in [3.63, 3.8) is 0 Å². The standard InChI is InChI=1S/C21H17NO4/c23-21-16-6-1-4-14-5-2-7-17(20(14)16)22(21)10-3-11-24-15-8-9-18-19(12-15)26-13-25-18/h1-2,4-9,12H,3,10-11,13H2. The molecule has 0 aliphatic carbocycles. The summed E-state index contributed by atoms with van der Waals surface area (Å²) in [6.07, 6.45) is 0.741. The lowest BCUT2D eigenvalue weighted by Gasteiger charge is -2.17. The lowest BCUT2D eigenvalue weighted by Crippen LogP contribution is -2.28. The first-order valence-electron chi connectivity index (χ1n) is 8.67. The zero-order valence-corrected chi connectivity index (χ0v) is 14.1. The van der Waals surface area contributed by atoms with E-state index in [1.54, 1.807) is 0 Å². The van der Waals surface area contributed by atoms with Crippen molar-refractivity contribution in [3.05, 3.63) is 60.2 Å². The molecule has 0 saturated heterocycles. The summed E-state index contributed by atoms with van der Waals surface area (Å²) in [5, 5.41) is 2.16. The number of nitrogens with zero attached hydrogens (tertiary/aromatic N) is 1. The van der Waals surface area contributed by atoms with E-state index in [0.717, 1.165) is 39.9 Å². The van der Waals surface area contributed by atoms with Gasteiger partial charge in [0.25, 0.3) is 5.91 Å². The Morgan fingerprint density at radius 3 is 2.77 bits per heavy atom. The number of rotatable bonds is 5. The zero-order valence-electron chi connectivity index (χ0n) is 14.1. The maximum atomic E-state index is 12.7. The first-order chi connectivity index (χ1) is 12.8. The van der Waals surface area contributed by atoms with Gasteiger partial charge in [0.1, 0.15) is 5.75 Å². The molecule has 130 valence electrons. The summed E-state index contributed by atoms with van der Waals surface area (Å²) >= 11 is 0. The molecule has 3 aromatic carbocycles. The van der Waals surface area contributed by atoms with Crippen molar-refractivity contribution in [1.82, 2.24) is 0 Å². The molecule has 0 fully saturated rings.